The van der Waals surface area contributed by atoms with E-state index in [0.29, 0.717) is 18.1 Å². The van der Waals surface area contributed by atoms with Gasteiger partial charge in [-0.05, 0) is 20.3 Å². The largest absolute Gasteiger partial charge is 0.333 e. The summed E-state index contributed by atoms with van der Waals surface area (Å²) in [5.41, 5.74) is 6.79. The van der Waals surface area contributed by atoms with Gasteiger partial charge in [0.1, 0.15) is 4.88 Å². The second kappa shape index (κ2) is 4.93. The zero-order chi connectivity index (χ0) is 12.4. The van der Waals surface area contributed by atoms with Crippen LogP contribution in [-0.2, 0) is 6.42 Å². The van der Waals surface area contributed by atoms with Gasteiger partial charge in [-0.25, -0.2) is 4.98 Å². The summed E-state index contributed by atoms with van der Waals surface area (Å²) in [7, 11) is 0. The van der Waals surface area contributed by atoms with E-state index in [9.17, 15) is 0 Å². The second-order valence-corrected chi connectivity index (χ2v) is 5.24. The minimum atomic E-state index is 0.0877. The Labute approximate surface area is 104 Å². The molecule has 1 unspecified atom stereocenters. The predicted octanol–water partition coefficient (Wildman–Crippen LogP) is 2.09. The molecule has 2 N–H and O–H groups in total. The van der Waals surface area contributed by atoms with Crippen molar-refractivity contribution < 1.29 is 4.52 Å². The van der Waals surface area contributed by atoms with Gasteiger partial charge in [-0.15, -0.1) is 11.3 Å². The van der Waals surface area contributed by atoms with Crippen molar-refractivity contribution in [3.05, 3.63) is 16.5 Å². The first-order valence-corrected chi connectivity index (χ1v) is 6.44. The maximum absolute atomic E-state index is 5.86. The highest BCUT2D eigenvalue weighted by Gasteiger charge is 2.15. The molecule has 2 aromatic rings. The fourth-order valence-corrected chi connectivity index (χ4v) is 2.38. The van der Waals surface area contributed by atoms with Gasteiger partial charge in [0.15, 0.2) is 5.82 Å². The minimum absolute atomic E-state index is 0.0877. The molecule has 0 saturated carbocycles. The van der Waals surface area contributed by atoms with Crippen LogP contribution < -0.4 is 5.73 Å². The van der Waals surface area contributed by atoms with Crippen molar-refractivity contribution in [3.63, 3.8) is 0 Å². The van der Waals surface area contributed by atoms with Crippen LogP contribution in [0.2, 0.25) is 0 Å². The molecule has 0 saturated heterocycles. The first-order valence-electron chi connectivity index (χ1n) is 5.62. The highest BCUT2D eigenvalue weighted by Crippen LogP contribution is 2.28. The number of hydrogen-bond acceptors (Lipinski definition) is 6. The van der Waals surface area contributed by atoms with E-state index >= 15 is 0 Å². The van der Waals surface area contributed by atoms with Crippen LogP contribution in [0.3, 0.4) is 0 Å². The van der Waals surface area contributed by atoms with Gasteiger partial charge in [-0.1, -0.05) is 12.1 Å². The van der Waals surface area contributed by atoms with Crippen LogP contribution in [0, 0.1) is 13.8 Å². The van der Waals surface area contributed by atoms with Crippen LogP contribution in [0.4, 0.5) is 0 Å². The zero-order valence-electron chi connectivity index (χ0n) is 10.2. The molecule has 92 valence electrons. The Hall–Kier alpha value is -1.27. The van der Waals surface area contributed by atoms with E-state index in [1.165, 1.54) is 0 Å². The molecule has 0 amide bonds. The number of thiazole rings is 1. The molecule has 2 heterocycles. The molecular formula is C11H16N4OS. The Balaban J connectivity index is 2.21. The highest BCUT2D eigenvalue weighted by atomic mass is 32.1. The van der Waals surface area contributed by atoms with Crippen LogP contribution in [0.25, 0.3) is 10.8 Å². The van der Waals surface area contributed by atoms with Gasteiger partial charge in [0.25, 0.3) is 5.89 Å². The minimum Gasteiger partial charge on any atom is -0.333 e. The number of aryl methyl sites for hydroxylation is 2. The van der Waals surface area contributed by atoms with Gasteiger partial charge >= 0.3 is 0 Å². The molecule has 0 radical (unpaired) electrons. The van der Waals surface area contributed by atoms with Crippen molar-refractivity contribution in [2.75, 3.05) is 0 Å². The van der Waals surface area contributed by atoms with Crippen LogP contribution in [0.5, 0.6) is 0 Å². The lowest BCUT2D eigenvalue weighted by Gasteiger charge is -2.02. The summed E-state index contributed by atoms with van der Waals surface area (Å²) >= 11 is 1.57. The molecule has 5 nitrogen and oxygen atoms in total. The third-order valence-corrected chi connectivity index (χ3v) is 3.60. The van der Waals surface area contributed by atoms with E-state index in [-0.39, 0.29) is 6.04 Å². The fraction of sp³-hybridized carbons (Fsp3) is 0.545. The van der Waals surface area contributed by atoms with E-state index < -0.39 is 0 Å². The van der Waals surface area contributed by atoms with Crippen LogP contribution in [-0.4, -0.2) is 21.2 Å². The lowest BCUT2D eigenvalue weighted by Crippen LogP contribution is -2.21. The van der Waals surface area contributed by atoms with Crippen molar-refractivity contribution in [1.82, 2.24) is 15.1 Å². The van der Waals surface area contributed by atoms with E-state index in [4.69, 9.17) is 10.3 Å². The highest BCUT2D eigenvalue weighted by molar-refractivity contribution is 7.15. The number of aromatic nitrogens is 3. The summed E-state index contributed by atoms with van der Waals surface area (Å²) in [5, 5.41) is 4.95. The molecule has 6 heteroatoms. The third-order valence-electron chi connectivity index (χ3n) is 2.53. The first kappa shape index (κ1) is 12.2. The van der Waals surface area contributed by atoms with E-state index in [1.807, 2.05) is 20.8 Å². The summed E-state index contributed by atoms with van der Waals surface area (Å²) in [6, 6.07) is 0.0877. The van der Waals surface area contributed by atoms with Gasteiger partial charge in [-0.2, -0.15) is 4.98 Å². The fourth-order valence-electron chi connectivity index (χ4n) is 1.54. The van der Waals surface area contributed by atoms with Gasteiger partial charge in [0, 0.05) is 12.5 Å². The zero-order valence-corrected chi connectivity index (χ0v) is 11.0. The van der Waals surface area contributed by atoms with E-state index in [1.54, 1.807) is 11.3 Å². The normalized spacial score (nSPS) is 12.9. The molecule has 2 rings (SSSR count). The van der Waals surface area contributed by atoms with Gasteiger partial charge in [0.2, 0.25) is 0 Å². The molecule has 2 aromatic heterocycles. The lowest BCUT2D eigenvalue weighted by molar-refractivity contribution is 0.419. The smallest absolute Gasteiger partial charge is 0.269 e. The molecule has 17 heavy (non-hydrogen) atoms. The van der Waals surface area contributed by atoms with E-state index in [2.05, 4.69) is 15.1 Å². The van der Waals surface area contributed by atoms with Crippen molar-refractivity contribution in [2.45, 2.75) is 39.7 Å². The number of nitrogens with zero attached hydrogens (tertiary/aromatic N) is 3. The molecule has 0 bridgehead atoms. The summed E-state index contributed by atoms with van der Waals surface area (Å²) in [5.74, 6) is 1.21. The van der Waals surface area contributed by atoms with Crippen LogP contribution in [0.15, 0.2) is 4.52 Å². The maximum Gasteiger partial charge on any atom is 0.269 e. The first-order chi connectivity index (χ1) is 8.10. The monoisotopic (exact) mass is 252 g/mol. The second-order valence-electron chi connectivity index (χ2n) is 4.04. The molecule has 0 aliphatic carbocycles. The van der Waals surface area contributed by atoms with Gasteiger partial charge < -0.3 is 10.3 Å². The maximum atomic E-state index is 5.86. The number of rotatable bonds is 4. The van der Waals surface area contributed by atoms with Crippen molar-refractivity contribution >= 4 is 11.3 Å². The van der Waals surface area contributed by atoms with Crippen LogP contribution >= 0.6 is 11.3 Å². The molecule has 0 aromatic carbocycles. The predicted molar refractivity (Wildman–Crippen MR) is 66.9 cm³/mol. The number of nitrogens with two attached hydrogens (primary N) is 1. The van der Waals surface area contributed by atoms with Crippen LogP contribution in [0.1, 0.15) is 29.9 Å². The molecule has 0 aliphatic rings. The molecule has 1 atom stereocenters. The van der Waals surface area contributed by atoms with Gasteiger partial charge in [-0.3, -0.25) is 0 Å². The van der Waals surface area contributed by atoms with Crippen molar-refractivity contribution in [1.29, 1.82) is 0 Å². The number of hydrogen-bond donors (Lipinski definition) is 1. The molecule has 0 aliphatic heterocycles. The lowest BCUT2D eigenvalue weighted by atomic mass is 10.2. The average Bonchev–Trinajstić information content (AvgIpc) is 2.85. The van der Waals surface area contributed by atoms with E-state index in [0.717, 1.165) is 22.0 Å². The Bertz CT molecular complexity index is 505. The standard InChI is InChI=1S/C11H16N4OS/c1-4-8(12)5-9-14-11(16-15-9)10-6(2)13-7(3)17-10/h8H,4-5,12H2,1-3H3. The Kier molecular flexibility index (Phi) is 3.54. The topological polar surface area (TPSA) is 77.8 Å². The Morgan fingerprint density at radius 2 is 2.12 bits per heavy atom. The average molecular weight is 252 g/mol. The summed E-state index contributed by atoms with van der Waals surface area (Å²) in [6.45, 7) is 5.95. The van der Waals surface area contributed by atoms with Crippen molar-refractivity contribution in [2.24, 2.45) is 5.73 Å². The summed E-state index contributed by atoms with van der Waals surface area (Å²) < 4.78 is 5.24. The molecule has 0 spiro atoms. The SMILES string of the molecule is CCC(N)Cc1noc(-c2sc(C)nc2C)n1. The molecular weight excluding hydrogens is 236 g/mol. The Morgan fingerprint density at radius 3 is 2.71 bits per heavy atom. The molecule has 0 fully saturated rings. The third kappa shape index (κ3) is 2.70. The Morgan fingerprint density at radius 1 is 1.35 bits per heavy atom. The summed E-state index contributed by atoms with van der Waals surface area (Å²) in [4.78, 5) is 9.65. The summed E-state index contributed by atoms with van der Waals surface area (Å²) in [6.07, 6.45) is 1.55. The van der Waals surface area contributed by atoms with Crippen molar-refractivity contribution in [3.8, 4) is 10.8 Å². The quantitative estimate of drug-likeness (QED) is 0.901. The van der Waals surface area contributed by atoms with Gasteiger partial charge in [0.05, 0.1) is 10.7 Å².